The van der Waals surface area contributed by atoms with E-state index in [1.807, 2.05) is 0 Å². The summed E-state index contributed by atoms with van der Waals surface area (Å²) in [6.45, 7) is -17.6. The smallest absolute Gasteiger partial charge is 0.397 e. The number of hydrogen-bond donors (Lipinski definition) is 15. The van der Waals surface area contributed by atoms with Gasteiger partial charge in [0.25, 0.3) is 16.7 Å². The van der Waals surface area contributed by atoms with Crippen LogP contribution in [0.15, 0.2) is 76.5 Å². The van der Waals surface area contributed by atoms with Crippen molar-refractivity contribution < 1.29 is 138 Å². The van der Waals surface area contributed by atoms with Gasteiger partial charge in [-0.25, -0.2) is 84.2 Å². The van der Waals surface area contributed by atoms with E-state index >= 15 is 26.3 Å². The zero-order valence-electron chi connectivity index (χ0n) is 66.9. The summed E-state index contributed by atoms with van der Waals surface area (Å²) in [5.74, 6) is -0.757. The predicted octanol–water partition coefficient (Wildman–Crippen LogP) is 2.76. The number of phosphoric acid groups is 3. The van der Waals surface area contributed by atoms with Gasteiger partial charge in [0, 0.05) is 18.6 Å². The fraction of sp³-hybridized carbons (Fsp3) is 0.492. The average molecular weight is 2130 g/mol. The number of nitrogens with zero attached hydrogens (tertiary/aromatic N) is 20. The maximum Gasteiger partial charge on any atom is 0.472 e. The van der Waals surface area contributed by atoms with Gasteiger partial charge in [-0.15, -0.1) is 45.5 Å². The molecule has 726 valence electrons. The Balaban J connectivity index is 0.000000130. The lowest BCUT2D eigenvalue weighted by Gasteiger charge is -2.27. The second kappa shape index (κ2) is 36.6. The summed E-state index contributed by atoms with van der Waals surface area (Å²) in [5, 5.41) is 8.28. The zero-order chi connectivity index (χ0) is 95.5. The monoisotopic (exact) mass is 2130 g/mol. The molecule has 0 amide bonds. The zero-order valence-corrected chi connectivity index (χ0v) is 77.3. The lowest BCUT2D eigenvalue weighted by atomic mass is 10.1. The van der Waals surface area contributed by atoms with Gasteiger partial charge in [0.1, 0.15) is 101 Å². The van der Waals surface area contributed by atoms with Crippen LogP contribution in [-0.2, 0) is 110 Å². The van der Waals surface area contributed by atoms with Gasteiger partial charge in [0.2, 0.25) is 17.8 Å². The maximum atomic E-state index is 15.9. The summed E-state index contributed by atoms with van der Waals surface area (Å²) < 4.78 is 236. The lowest BCUT2D eigenvalue weighted by molar-refractivity contribution is -0.0504. The molecule has 9 saturated heterocycles. The van der Waals surface area contributed by atoms with Gasteiger partial charge in [0.05, 0.1) is 97.8 Å². The van der Waals surface area contributed by atoms with Crippen molar-refractivity contribution in [3.8, 4) is 0 Å². The van der Waals surface area contributed by atoms with Crippen LogP contribution in [0.4, 0.5) is 61.2 Å². The quantitative estimate of drug-likeness (QED) is 0.0646. The molecule has 9 aliphatic rings. The first-order valence-electron chi connectivity index (χ1n) is 38.8. The van der Waals surface area contributed by atoms with Gasteiger partial charge in [-0.3, -0.25) is 92.8 Å². The lowest BCUT2D eigenvalue weighted by Crippen LogP contribution is -2.34. The second-order valence-electron chi connectivity index (χ2n) is 30.3. The number of hydrogen-bond acceptors (Lipinski definition) is 47. The Bertz CT molecular complexity index is 6500. The van der Waals surface area contributed by atoms with E-state index in [1.165, 1.54) is 80.4 Å². The van der Waals surface area contributed by atoms with Crippen LogP contribution >= 0.6 is 91.2 Å². The molecule has 0 saturated carbocycles. The molecule has 30 atom stereocenters. The van der Waals surface area contributed by atoms with Crippen molar-refractivity contribution >= 4 is 217 Å². The number of aromatic amines is 3. The van der Waals surface area contributed by atoms with E-state index in [4.69, 9.17) is 127 Å². The predicted molar refractivity (Wildman–Crippen MR) is 465 cm³/mol. The van der Waals surface area contributed by atoms with Crippen molar-refractivity contribution in [1.82, 2.24) is 113 Å². The molecule has 6 bridgehead atoms. The van der Waals surface area contributed by atoms with E-state index in [1.54, 1.807) is 0 Å². The minimum atomic E-state index is -5.11. The minimum Gasteiger partial charge on any atom is -0.397 e. The molecule has 56 nitrogen and oxygen atoms in total. The number of ether oxygens (including phenoxy) is 3. The highest BCUT2D eigenvalue weighted by Gasteiger charge is 2.60. The molecule has 12 aromatic heterocycles. The Morgan fingerprint density at radius 3 is 1.19 bits per heavy atom. The van der Waals surface area contributed by atoms with E-state index in [-0.39, 0.29) is 102 Å². The van der Waals surface area contributed by atoms with Gasteiger partial charge in [-0.05, 0) is 41.8 Å². The molecule has 12 aromatic rings. The van der Waals surface area contributed by atoms with Crippen LogP contribution in [0.5, 0.6) is 0 Å². The van der Waals surface area contributed by atoms with E-state index in [0.29, 0.717) is 0 Å². The summed E-state index contributed by atoms with van der Waals surface area (Å²) in [6.07, 6.45) is -22.7. The first-order chi connectivity index (χ1) is 63.9. The third-order valence-electron chi connectivity index (χ3n) is 21.7. The summed E-state index contributed by atoms with van der Waals surface area (Å²) in [4.78, 5) is 138. The topological polar surface area (TPSA) is 773 Å². The molecule has 135 heavy (non-hydrogen) atoms. The van der Waals surface area contributed by atoms with Crippen LogP contribution in [0.1, 0.15) is 34.8 Å². The number of nitrogens with two attached hydrogens (primary N) is 6. The molecule has 6 unspecified atom stereocenters. The summed E-state index contributed by atoms with van der Waals surface area (Å²) in [7, 11) is -15.3. The number of imidazole rings is 4. The van der Waals surface area contributed by atoms with Crippen molar-refractivity contribution in [1.29, 1.82) is 0 Å². The number of fused-ring (bicyclic) bond motifs is 15. The van der Waals surface area contributed by atoms with Gasteiger partial charge < -0.3 is 82.1 Å². The normalized spacial score (nSPS) is 37.7. The standard InChI is InChI=1S/2C21H23F2N9O9P2S2.C19H21F2N11O9P2S2/c2*22-10-9-4-37-42(34,35)40-14-8(39-19(11(14)23)31-5-27-12-7(24)1-2-26-16(12)31)3-38-43(36,44)41-15(10)20(45-9)32-6-28-13-17(32)29-21(25)30-18(13)33;20-8-7-4-37-42(34,35)40-12-6(39-17(9(12)21)31-14-10(27-29-31)5(22)1-2-24-14)3-38-43(36,44)41-13(8)18(45-7)32-15-11(28-30-32)16(33)26-19(23)25-15/h2*1-2,5-6,8-11,14-15,19-20H,3-4H2,(H2,24,26)(H,34,35)(H,36,44)(H3,25,29,30,33);1-2,6-9,12-13,17-18H,3-4H2,(H2,22,24)(H,34,35)(H,36,44)(H3,23,25,26,33)/t2*8-,9-,10+,11+,14-,15-,19-,20-,43?;6-,7-,8+,9+,12-,13-,17-,18-,43?/m111/s1. The first-order valence-corrected chi connectivity index (χ1v) is 54.0. The highest BCUT2D eigenvalue weighted by atomic mass is 32.7. The number of halogens is 6. The number of anilines is 6. The molecule has 0 aliphatic carbocycles. The number of thioether (sulfide) groups is 3. The molecule has 9 fully saturated rings. The number of thiol groups is 1. The number of phosphoric ester groups is 3. The van der Waals surface area contributed by atoms with Crippen LogP contribution in [0, 0.1) is 0 Å². The number of alkyl halides is 6. The van der Waals surface area contributed by atoms with Gasteiger partial charge in [-0.2, -0.15) is 19.6 Å². The Morgan fingerprint density at radius 2 is 0.733 bits per heavy atom. The van der Waals surface area contributed by atoms with Gasteiger partial charge in [0.15, 0.2) is 93.1 Å². The third kappa shape index (κ3) is 18.7. The molecule has 74 heteroatoms. The van der Waals surface area contributed by atoms with Crippen LogP contribution < -0.4 is 51.1 Å². The Hall–Kier alpha value is -8.03. The molecule has 0 radical (unpaired) electrons. The summed E-state index contributed by atoms with van der Waals surface area (Å²) >= 11 is 16.8. The highest BCUT2D eigenvalue weighted by Crippen LogP contribution is 2.64. The molecule has 0 aromatic carbocycles. The average Bonchev–Trinajstić information content (AvgIpc) is 1.63. The SMILES string of the molecule is Nc1nc2c(ncn2[C@@H]2S[C@@H]3COP(=O)(O)O[C@H]4[C@H](F)[C@H](n5cnc6c(N)ccnc65)O[C@@H]4COP(=O)(S)O[C@@H]2[C@H]3F)c(=O)[nH]1.Nc1nc2c(ncn2[C@@H]2S[C@@H]3COP(=O)(O)O[C@H]4[C@H](F)[C@H](n5cnc6c(N)ccnc65)O[C@@H]4COP(O)(=S)O[C@@H]2[C@H]3F)c(=O)[nH]1.Nc1nc2c(nnn2[C@@H]2S[C@@H]3COP(=O)(O)O[C@H]4[C@H](F)[C@H](n5nnc6c(N)ccnc65)O[C@@H]4COP(O)(=S)O[C@@H]2[C@H]3F)c(=O)[nH]1. The summed E-state index contributed by atoms with van der Waals surface area (Å²) in [6, 6.07) is 4.46. The molecular weight excluding hydrogens is 2060 g/mol. The van der Waals surface area contributed by atoms with Crippen molar-refractivity contribution in [2.45, 2.75) is 143 Å². The molecular formula is C61H67F6N29O27P6S6. The number of aromatic nitrogens is 23. The number of nitrogens with one attached hydrogen (secondary N) is 3. The molecule has 9 aliphatic heterocycles. The Morgan fingerprint density at radius 1 is 0.385 bits per heavy atom. The number of H-pyrrole nitrogens is 3. The van der Waals surface area contributed by atoms with Crippen molar-refractivity contribution in [3.63, 3.8) is 0 Å². The van der Waals surface area contributed by atoms with Crippen molar-refractivity contribution in [2.75, 3.05) is 74.0 Å². The largest absolute Gasteiger partial charge is 0.472 e. The van der Waals surface area contributed by atoms with Crippen LogP contribution in [0.2, 0.25) is 0 Å². The number of rotatable bonds is 6. The third-order valence-corrected chi connectivity index (χ3v) is 34.0. The fourth-order valence-corrected chi connectivity index (χ4v) is 27.8. The number of nitrogen functional groups attached to an aromatic ring is 6. The van der Waals surface area contributed by atoms with E-state index in [2.05, 4.69) is 97.7 Å². The first kappa shape index (κ1) is 95.9. The summed E-state index contributed by atoms with van der Waals surface area (Å²) in [5.41, 5.74) is 33.9. The van der Waals surface area contributed by atoms with E-state index in [0.717, 1.165) is 44.6 Å². The van der Waals surface area contributed by atoms with E-state index < -0.39 is 243 Å². The maximum absolute atomic E-state index is 15.9. The second-order valence-corrected chi connectivity index (χ2v) is 47.1. The van der Waals surface area contributed by atoms with E-state index in [9.17, 15) is 57.1 Å². The van der Waals surface area contributed by atoms with Crippen molar-refractivity contribution in [3.05, 3.63) is 93.2 Å². The highest BCUT2D eigenvalue weighted by molar-refractivity contribution is 8.44. The fourth-order valence-electron chi connectivity index (χ4n) is 15.7. The molecule has 20 N–H and O–H groups in total. The van der Waals surface area contributed by atoms with Gasteiger partial charge in [-0.1, -0.05) is 22.7 Å². The van der Waals surface area contributed by atoms with Crippen LogP contribution in [0.3, 0.4) is 0 Å². The Labute approximate surface area is 772 Å². The Kier molecular flexibility index (Phi) is 26.0. The van der Waals surface area contributed by atoms with Crippen LogP contribution in [0.25, 0.3) is 67.0 Å². The molecule has 21 rings (SSSR count). The van der Waals surface area contributed by atoms with Gasteiger partial charge >= 0.3 is 43.7 Å². The van der Waals surface area contributed by atoms with Crippen LogP contribution in [-0.4, -0.2) is 285 Å². The molecule has 0 spiro atoms. The minimum absolute atomic E-state index is 0.0222. The van der Waals surface area contributed by atoms with Crippen molar-refractivity contribution in [2.24, 2.45) is 0 Å². The molecule has 21 heterocycles. The number of pyridine rings is 3.